The van der Waals surface area contributed by atoms with Gasteiger partial charge in [-0.3, -0.25) is 0 Å². The monoisotopic (exact) mass is 630 g/mol. The molecule has 1 aliphatic rings. The summed E-state index contributed by atoms with van der Waals surface area (Å²) in [5.41, 5.74) is -0.520. The SMILES string of the molecule is O=C(OCc1ccccc1)N1CCC(NS(=O)(=O)c2ccc(Oc3ccc(C(F)(F)F)cc3)cc2)(c2ccc(Cl)cc2)C1. The van der Waals surface area contributed by atoms with Crippen molar-refractivity contribution in [2.75, 3.05) is 13.1 Å². The Bertz CT molecular complexity index is 1670. The van der Waals surface area contributed by atoms with Gasteiger partial charge in [0.1, 0.15) is 18.1 Å². The molecule has 5 rings (SSSR count). The minimum Gasteiger partial charge on any atom is -0.457 e. The van der Waals surface area contributed by atoms with E-state index in [0.717, 1.165) is 17.7 Å². The molecule has 0 aliphatic carbocycles. The Morgan fingerprint density at radius 3 is 2.09 bits per heavy atom. The summed E-state index contributed by atoms with van der Waals surface area (Å²) in [4.78, 5) is 14.3. The van der Waals surface area contributed by atoms with Crippen molar-refractivity contribution in [2.45, 2.75) is 29.6 Å². The minimum atomic E-state index is -4.47. The number of halogens is 4. The molecule has 1 heterocycles. The van der Waals surface area contributed by atoms with Crippen molar-refractivity contribution in [2.24, 2.45) is 0 Å². The van der Waals surface area contributed by atoms with Crippen LogP contribution in [0.1, 0.15) is 23.1 Å². The van der Waals surface area contributed by atoms with Gasteiger partial charge in [-0.25, -0.2) is 13.2 Å². The summed E-state index contributed by atoms with van der Waals surface area (Å²) < 4.78 is 79.6. The molecule has 43 heavy (non-hydrogen) atoms. The molecule has 0 spiro atoms. The van der Waals surface area contributed by atoms with Crippen LogP contribution in [-0.2, 0) is 33.1 Å². The fourth-order valence-corrected chi connectivity index (χ4v) is 6.31. The molecule has 0 radical (unpaired) electrons. The van der Waals surface area contributed by atoms with E-state index in [0.29, 0.717) is 10.6 Å². The molecular weight excluding hydrogens is 605 g/mol. The van der Waals surface area contributed by atoms with E-state index < -0.39 is 33.4 Å². The molecule has 1 saturated heterocycles. The van der Waals surface area contributed by atoms with Gasteiger partial charge < -0.3 is 14.4 Å². The Kier molecular flexibility index (Phi) is 8.68. The summed E-state index contributed by atoms with van der Waals surface area (Å²) in [7, 11) is -4.12. The standard InChI is InChI=1S/C31H26ClF3N2O5S/c32-25-10-6-23(7-11-25)30(18-19-37(21-30)29(38)41-20-22-4-2-1-3-5-22)36-43(39,40)28-16-14-27(15-17-28)42-26-12-8-24(9-13-26)31(33,34)35/h1-17,36H,18-21H2. The number of amides is 1. The molecule has 0 saturated carbocycles. The number of sulfonamides is 1. The van der Waals surface area contributed by atoms with Crippen molar-refractivity contribution in [3.05, 3.63) is 125 Å². The van der Waals surface area contributed by atoms with E-state index in [1.54, 1.807) is 24.3 Å². The molecule has 12 heteroatoms. The van der Waals surface area contributed by atoms with Crippen LogP contribution >= 0.6 is 11.6 Å². The molecule has 1 aliphatic heterocycles. The third-order valence-corrected chi connectivity index (χ3v) is 8.81. The van der Waals surface area contributed by atoms with Gasteiger partial charge in [-0.05, 0) is 78.2 Å². The van der Waals surface area contributed by atoms with Crippen molar-refractivity contribution in [3.63, 3.8) is 0 Å². The number of ether oxygens (including phenoxy) is 2. The second-order valence-corrected chi connectivity index (χ2v) is 12.1. The largest absolute Gasteiger partial charge is 0.457 e. The number of nitrogens with one attached hydrogen (secondary N) is 1. The second kappa shape index (κ2) is 12.3. The molecule has 1 amide bonds. The van der Waals surface area contributed by atoms with Crippen molar-refractivity contribution >= 4 is 27.7 Å². The molecule has 0 aromatic heterocycles. The van der Waals surface area contributed by atoms with Crippen LogP contribution in [0.25, 0.3) is 0 Å². The minimum absolute atomic E-state index is 0.0244. The van der Waals surface area contributed by atoms with Crippen LogP contribution in [0.2, 0.25) is 5.02 Å². The number of hydrogen-bond acceptors (Lipinski definition) is 5. The molecule has 1 fully saturated rings. The summed E-state index contributed by atoms with van der Waals surface area (Å²) in [5, 5.41) is 0.475. The maximum atomic E-state index is 13.6. The highest BCUT2D eigenvalue weighted by molar-refractivity contribution is 7.89. The van der Waals surface area contributed by atoms with E-state index in [9.17, 15) is 26.4 Å². The van der Waals surface area contributed by atoms with E-state index in [1.807, 2.05) is 30.3 Å². The van der Waals surface area contributed by atoms with Gasteiger partial charge in [0.25, 0.3) is 0 Å². The number of nitrogens with zero attached hydrogens (tertiary/aromatic N) is 1. The Morgan fingerprint density at radius 2 is 1.49 bits per heavy atom. The van der Waals surface area contributed by atoms with Gasteiger partial charge in [-0.2, -0.15) is 17.9 Å². The lowest BCUT2D eigenvalue weighted by molar-refractivity contribution is -0.137. The molecule has 4 aromatic carbocycles. The number of hydrogen-bond donors (Lipinski definition) is 1. The predicted molar refractivity (Wildman–Crippen MR) is 154 cm³/mol. The first kappa shape index (κ1) is 30.4. The van der Waals surface area contributed by atoms with E-state index in [2.05, 4.69) is 4.72 Å². The zero-order valence-electron chi connectivity index (χ0n) is 22.6. The molecule has 224 valence electrons. The first-order valence-corrected chi connectivity index (χ1v) is 15.0. The van der Waals surface area contributed by atoms with E-state index >= 15 is 0 Å². The molecule has 1 atom stereocenters. The zero-order valence-corrected chi connectivity index (χ0v) is 24.1. The van der Waals surface area contributed by atoms with Crippen LogP contribution in [0.5, 0.6) is 11.5 Å². The average Bonchev–Trinajstić information content (AvgIpc) is 3.41. The third kappa shape index (κ3) is 7.30. The fourth-order valence-electron chi connectivity index (χ4n) is 4.77. The Morgan fingerprint density at radius 1 is 0.884 bits per heavy atom. The van der Waals surface area contributed by atoms with E-state index in [1.165, 1.54) is 41.3 Å². The maximum Gasteiger partial charge on any atom is 0.416 e. The van der Waals surface area contributed by atoms with Gasteiger partial charge in [0, 0.05) is 18.1 Å². The van der Waals surface area contributed by atoms with Gasteiger partial charge in [-0.15, -0.1) is 0 Å². The number of benzene rings is 4. The van der Waals surface area contributed by atoms with Crippen LogP contribution < -0.4 is 9.46 Å². The Balaban J connectivity index is 1.32. The first-order valence-electron chi connectivity index (χ1n) is 13.1. The lowest BCUT2D eigenvalue weighted by Gasteiger charge is -2.31. The summed E-state index contributed by atoms with van der Waals surface area (Å²) in [6.07, 6.45) is -4.75. The number of carbonyl (C=O) groups excluding carboxylic acids is 1. The molecule has 7 nitrogen and oxygen atoms in total. The second-order valence-electron chi connectivity index (χ2n) is 10.0. The number of rotatable bonds is 8. The van der Waals surface area contributed by atoms with Gasteiger partial charge in [-0.1, -0.05) is 54.1 Å². The highest BCUT2D eigenvalue weighted by Gasteiger charge is 2.45. The number of carbonyl (C=O) groups is 1. The lowest BCUT2D eigenvalue weighted by atomic mass is 9.90. The lowest BCUT2D eigenvalue weighted by Crippen LogP contribution is -2.48. The highest BCUT2D eigenvalue weighted by Crippen LogP contribution is 2.36. The van der Waals surface area contributed by atoms with Crippen molar-refractivity contribution in [1.29, 1.82) is 0 Å². The van der Waals surface area contributed by atoms with Gasteiger partial charge in [0.05, 0.1) is 16.0 Å². The summed E-state index contributed by atoms with van der Waals surface area (Å²) >= 11 is 6.09. The van der Waals surface area contributed by atoms with Gasteiger partial charge in [0.2, 0.25) is 10.0 Å². The van der Waals surface area contributed by atoms with Crippen molar-refractivity contribution in [1.82, 2.24) is 9.62 Å². The molecule has 1 unspecified atom stereocenters. The number of alkyl halides is 3. The Labute approximate surface area is 251 Å². The zero-order chi connectivity index (χ0) is 30.7. The average molecular weight is 631 g/mol. The number of likely N-dealkylation sites (tertiary alicyclic amines) is 1. The first-order chi connectivity index (χ1) is 20.4. The van der Waals surface area contributed by atoms with Crippen LogP contribution in [0, 0.1) is 0 Å². The topological polar surface area (TPSA) is 84.9 Å². The smallest absolute Gasteiger partial charge is 0.416 e. The summed E-state index contributed by atoms with van der Waals surface area (Å²) in [5.74, 6) is 0.396. The van der Waals surface area contributed by atoms with Crippen LogP contribution in [0.3, 0.4) is 0 Å². The molecular formula is C31H26ClF3N2O5S. The van der Waals surface area contributed by atoms with Crippen molar-refractivity contribution < 1.29 is 35.9 Å². The highest BCUT2D eigenvalue weighted by atomic mass is 35.5. The maximum absolute atomic E-state index is 13.6. The van der Waals surface area contributed by atoms with Gasteiger partial charge >= 0.3 is 12.3 Å². The van der Waals surface area contributed by atoms with Crippen molar-refractivity contribution in [3.8, 4) is 11.5 Å². The molecule has 0 bridgehead atoms. The van der Waals surface area contributed by atoms with E-state index in [4.69, 9.17) is 21.1 Å². The van der Waals surface area contributed by atoms with Crippen LogP contribution in [-0.4, -0.2) is 32.5 Å². The fraction of sp³-hybridized carbons (Fsp3) is 0.194. The third-order valence-electron chi connectivity index (χ3n) is 7.01. The van der Waals surface area contributed by atoms with Gasteiger partial charge in [0.15, 0.2) is 0 Å². The Hall–Kier alpha value is -4.06. The quantitative estimate of drug-likeness (QED) is 0.220. The summed E-state index contributed by atoms with van der Waals surface area (Å²) in [6, 6.07) is 25.6. The summed E-state index contributed by atoms with van der Waals surface area (Å²) in [6.45, 7) is 0.353. The van der Waals surface area contributed by atoms with Crippen LogP contribution in [0.15, 0.2) is 108 Å². The van der Waals surface area contributed by atoms with Crippen LogP contribution in [0.4, 0.5) is 18.0 Å². The predicted octanol–water partition coefficient (Wildman–Crippen LogP) is 7.37. The molecule has 1 N–H and O–H groups in total. The molecule has 4 aromatic rings. The normalized spacial score (nSPS) is 17.1. The van der Waals surface area contributed by atoms with E-state index in [-0.39, 0.29) is 42.5 Å².